The quantitative estimate of drug-likeness (QED) is 0.843. The molecule has 3 rings (SSSR count). The van der Waals surface area contributed by atoms with Crippen LogP contribution in [0.5, 0.6) is 0 Å². The van der Waals surface area contributed by atoms with Crippen molar-refractivity contribution in [3.8, 4) is 0 Å². The first kappa shape index (κ1) is 14.2. The largest absolute Gasteiger partial charge is 0.366 e. The molecule has 20 heavy (non-hydrogen) atoms. The van der Waals surface area contributed by atoms with E-state index in [9.17, 15) is 4.39 Å². The first-order valence-corrected chi connectivity index (χ1v) is 7.94. The van der Waals surface area contributed by atoms with Crippen LogP contribution in [0.4, 0.5) is 10.1 Å². The van der Waals surface area contributed by atoms with Gasteiger partial charge in [-0.3, -0.25) is 0 Å². The molecule has 0 amide bonds. The highest BCUT2D eigenvalue weighted by Crippen LogP contribution is 2.34. The fourth-order valence-electron chi connectivity index (χ4n) is 3.59. The Morgan fingerprint density at radius 2 is 2.05 bits per heavy atom. The number of rotatable bonds is 1. The number of halogens is 2. The normalized spacial score (nSPS) is 25.9. The molecule has 2 fully saturated rings. The molecule has 2 nitrogen and oxygen atoms in total. The molecule has 0 aromatic heterocycles. The van der Waals surface area contributed by atoms with E-state index in [0.29, 0.717) is 6.04 Å². The lowest BCUT2D eigenvalue weighted by Gasteiger charge is -2.50. The van der Waals surface area contributed by atoms with Gasteiger partial charge in [0.15, 0.2) is 0 Å². The summed E-state index contributed by atoms with van der Waals surface area (Å²) < 4.78 is 13.7. The van der Waals surface area contributed by atoms with Crippen molar-refractivity contribution < 1.29 is 4.39 Å². The average molecular weight is 297 g/mol. The van der Waals surface area contributed by atoms with Crippen molar-refractivity contribution in [1.82, 2.24) is 5.32 Å². The number of piperazine rings is 1. The first-order chi connectivity index (χ1) is 9.60. The summed E-state index contributed by atoms with van der Waals surface area (Å²) in [5.74, 6) is -0.326. The van der Waals surface area contributed by atoms with E-state index in [2.05, 4.69) is 17.1 Å². The smallest absolute Gasteiger partial charge is 0.143 e. The summed E-state index contributed by atoms with van der Waals surface area (Å²) >= 11 is 5.79. The van der Waals surface area contributed by atoms with E-state index in [1.807, 2.05) is 6.07 Å². The number of anilines is 1. The zero-order chi connectivity index (χ0) is 14.2. The zero-order valence-electron chi connectivity index (χ0n) is 12.0. The standard InChI is InChI=1S/C16H22ClFN2/c1-12-10-19-16(7-3-2-4-8-16)11-20(12)13-5-6-14(17)15(18)9-13/h5-6,9,12,19H,2-4,7-8,10-11H2,1H3. The fourth-order valence-corrected chi connectivity index (χ4v) is 3.70. The molecule has 1 heterocycles. The van der Waals surface area contributed by atoms with Crippen molar-refractivity contribution in [2.24, 2.45) is 0 Å². The lowest BCUT2D eigenvalue weighted by Crippen LogP contribution is -2.64. The Labute approximate surface area is 125 Å². The Morgan fingerprint density at radius 3 is 2.75 bits per heavy atom. The number of hydrogen-bond acceptors (Lipinski definition) is 2. The second-order valence-corrected chi connectivity index (χ2v) is 6.70. The van der Waals surface area contributed by atoms with Crippen LogP contribution in [0.25, 0.3) is 0 Å². The average Bonchev–Trinajstić information content (AvgIpc) is 2.46. The molecule has 110 valence electrons. The van der Waals surface area contributed by atoms with Gasteiger partial charge >= 0.3 is 0 Å². The SMILES string of the molecule is CC1CNC2(CCCCC2)CN1c1ccc(Cl)c(F)c1. The third-order valence-electron chi connectivity index (χ3n) is 4.82. The monoisotopic (exact) mass is 296 g/mol. The molecular weight excluding hydrogens is 275 g/mol. The third kappa shape index (κ3) is 2.66. The maximum Gasteiger partial charge on any atom is 0.143 e. The van der Waals surface area contributed by atoms with Crippen molar-refractivity contribution in [1.29, 1.82) is 0 Å². The molecule has 1 N–H and O–H groups in total. The summed E-state index contributed by atoms with van der Waals surface area (Å²) in [4.78, 5) is 2.33. The Balaban J connectivity index is 1.84. The predicted molar refractivity (Wildman–Crippen MR) is 82.0 cm³/mol. The fraction of sp³-hybridized carbons (Fsp3) is 0.625. The molecule has 1 spiro atoms. The van der Waals surface area contributed by atoms with Gasteiger partial charge in [-0.2, -0.15) is 0 Å². The van der Waals surface area contributed by atoms with Gasteiger partial charge in [0.05, 0.1) is 5.02 Å². The summed E-state index contributed by atoms with van der Waals surface area (Å²) in [7, 11) is 0. The second kappa shape index (κ2) is 5.53. The van der Waals surface area contributed by atoms with Crippen LogP contribution >= 0.6 is 11.6 Å². The molecule has 0 bridgehead atoms. The minimum absolute atomic E-state index is 0.198. The van der Waals surface area contributed by atoms with Crippen LogP contribution in [0.2, 0.25) is 5.02 Å². The molecule has 1 saturated carbocycles. The minimum Gasteiger partial charge on any atom is -0.366 e. The summed E-state index contributed by atoms with van der Waals surface area (Å²) in [6.07, 6.45) is 6.39. The van der Waals surface area contributed by atoms with E-state index < -0.39 is 0 Å². The highest BCUT2D eigenvalue weighted by atomic mass is 35.5. The van der Waals surface area contributed by atoms with E-state index in [1.165, 1.54) is 32.1 Å². The molecule has 1 saturated heterocycles. The maximum atomic E-state index is 13.7. The number of nitrogens with zero attached hydrogens (tertiary/aromatic N) is 1. The minimum atomic E-state index is -0.326. The number of hydrogen-bond donors (Lipinski definition) is 1. The third-order valence-corrected chi connectivity index (χ3v) is 5.13. The number of benzene rings is 1. The van der Waals surface area contributed by atoms with Crippen LogP contribution in [-0.4, -0.2) is 24.7 Å². The van der Waals surface area contributed by atoms with E-state index in [1.54, 1.807) is 12.1 Å². The zero-order valence-corrected chi connectivity index (χ0v) is 12.7. The molecule has 0 radical (unpaired) electrons. The van der Waals surface area contributed by atoms with Crippen molar-refractivity contribution in [2.75, 3.05) is 18.0 Å². The molecule has 1 aromatic rings. The molecule has 1 aliphatic heterocycles. The topological polar surface area (TPSA) is 15.3 Å². The molecule has 1 atom stereocenters. The molecule has 1 aliphatic carbocycles. The van der Waals surface area contributed by atoms with E-state index in [-0.39, 0.29) is 16.4 Å². The Bertz CT molecular complexity index is 485. The van der Waals surface area contributed by atoms with Gasteiger partial charge in [0, 0.05) is 30.4 Å². The summed E-state index contributed by atoms with van der Waals surface area (Å²) in [5, 5.41) is 3.95. The lowest BCUT2D eigenvalue weighted by atomic mass is 9.79. The van der Waals surface area contributed by atoms with Gasteiger partial charge in [-0.25, -0.2) is 4.39 Å². The first-order valence-electron chi connectivity index (χ1n) is 7.56. The van der Waals surface area contributed by atoms with Crippen LogP contribution in [0.3, 0.4) is 0 Å². The van der Waals surface area contributed by atoms with Crippen LogP contribution < -0.4 is 10.2 Å². The highest BCUT2D eigenvalue weighted by Gasteiger charge is 2.38. The van der Waals surface area contributed by atoms with Crippen molar-refractivity contribution >= 4 is 17.3 Å². The van der Waals surface area contributed by atoms with Crippen LogP contribution in [-0.2, 0) is 0 Å². The molecular formula is C16H22ClFN2. The van der Waals surface area contributed by atoms with E-state index in [0.717, 1.165) is 18.8 Å². The Hall–Kier alpha value is -0.800. The summed E-state index contributed by atoms with van der Waals surface area (Å²) in [6, 6.07) is 5.54. The van der Waals surface area contributed by atoms with Gasteiger partial charge in [0.25, 0.3) is 0 Å². The van der Waals surface area contributed by atoms with Crippen LogP contribution in [0, 0.1) is 5.82 Å². The van der Waals surface area contributed by atoms with E-state index in [4.69, 9.17) is 11.6 Å². The maximum absolute atomic E-state index is 13.7. The van der Waals surface area contributed by atoms with Gasteiger partial charge in [-0.15, -0.1) is 0 Å². The molecule has 4 heteroatoms. The van der Waals surface area contributed by atoms with Crippen molar-refractivity contribution in [3.05, 3.63) is 29.0 Å². The highest BCUT2D eigenvalue weighted by molar-refractivity contribution is 6.30. The van der Waals surface area contributed by atoms with Gasteiger partial charge in [-0.05, 0) is 38.0 Å². The van der Waals surface area contributed by atoms with Crippen LogP contribution in [0.15, 0.2) is 18.2 Å². The van der Waals surface area contributed by atoms with Crippen molar-refractivity contribution in [2.45, 2.75) is 50.6 Å². The molecule has 1 aromatic carbocycles. The van der Waals surface area contributed by atoms with Gasteiger partial charge < -0.3 is 10.2 Å². The molecule has 2 aliphatic rings. The van der Waals surface area contributed by atoms with E-state index >= 15 is 0 Å². The van der Waals surface area contributed by atoms with Crippen LogP contribution in [0.1, 0.15) is 39.0 Å². The van der Waals surface area contributed by atoms with Crippen molar-refractivity contribution in [3.63, 3.8) is 0 Å². The second-order valence-electron chi connectivity index (χ2n) is 6.30. The van der Waals surface area contributed by atoms with Gasteiger partial charge in [0.2, 0.25) is 0 Å². The Morgan fingerprint density at radius 1 is 1.30 bits per heavy atom. The lowest BCUT2D eigenvalue weighted by molar-refractivity contribution is 0.200. The van der Waals surface area contributed by atoms with Gasteiger partial charge in [-0.1, -0.05) is 30.9 Å². The number of nitrogens with one attached hydrogen (secondary N) is 1. The predicted octanol–water partition coefficient (Wildman–Crippen LogP) is 3.98. The Kier molecular flexibility index (Phi) is 3.91. The molecule has 1 unspecified atom stereocenters. The summed E-state index contributed by atoms with van der Waals surface area (Å²) in [6.45, 7) is 4.12. The van der Waals surface area contributed by atoms with Gasteiger partial charge in [0.1, 0.15) is 5.82 Å². The summed E-state index contributed by atoms with van der Waals surface area (Å²) in [5.41, 5.74) is 1.17.